The smallest absolute Gasteiger partial charge is 0.337 e. The minimum Gasteiger partial charge on any atom is -0.465 e. The summed E-state index contributed by atoms with van der Waals surface area (Å²) in [6, 6.07) is 11.7. The number of aliphatic hydroxyl groups is 1. The van der Waals surface area contributed by atoms with Crippen LogP contribution in [0.4, 0.5) is 0 Å². The van der Waals surface area contributed by atoms with E-state index in [1.807, 2.05) is 12.1 Å². The van der Waals surface area contributed by atoms with Gasteiger partial charge in [0.25, 0.3) is 0 Å². The zero-order valence-corrected chi connectivity index (χ0v) is 17.4. The maximum absolute atomic E-state index is 12.0. The minimum atomic E-state index is -1.14. The van der Waals surface area contributed by atoms with Crippen molar-refractivity contribution in [2.75, 3.05) is 7.11 Å². The molecule has 0 aromatic heterocycles. The predicted molar refractivity (Wildman–Crippen MR) is 108 cm³/mol. The van der Waals surface area contributed by atoms with Crippen LogP contribution in [0.1, 0.15) is 91.6 Å². The van der Waals surface area contributed by atoms with Crippen molar-refractivity contribution in [3.63, 3.8) is 0 Å². The van der Waals surface area contributed by atoms with E-state index < -0.39 is 17.0 Å². The average Bonchev–Trinajstić information content (AvgIpc) is 2.65. The van der Waals surface area contributed by atoms with E-state index >= 15 is 0 Å². The van der Waals surface area contributed by atoms with Gasteiger partial charge in [-0.3, -0.25) is 0 Å². The van der Waals surface area contributed by atoms with E-state index in [0.717, 1.165) is 11.1 Å². The third-order valence-electron chi connectivity index (χ3n) is 6.12. The Hall–Kier alpha value is -2.13. The number of methoxy groups -OCH3 is 1. The van der Waals surface area contributed by atoms with Crippen LogP contribution < -0.4 is 0 Å². The number of fused-ring (bicyclic) bond motifs is 1. The molecule has 3 heteroatoms. The lowest BCUT2D eigenvalue weighted by atomic mass is 9.50. The van der Waals surface area contributed by atoms with Crippen molar-refractivity contribution in [1.29, 1.82) is 0 Å². The van der Waals surface area contributed by atoms with Gasteiger partial charge in [-0.05, 0) is 51.8 Å². The molecule has 0 heterocycles. The van der Waals surface area contributed by atoms with Crippen LogP contribution >= 0.6 is 0 Å². The fourth-order valence-electron chi connectivity index (χ4n) is 4.31. The highest BCUT2D eigenvalue weighted by Gasteiger charge is 2.59. The number of esters is 1. The number of carbonyl (C=O) groups is 1. The maximum atomic E-state index is 12.0. The SMILES string of the molecule is COC(=O)c1cccc([C@@]2(O)c3c(C(C)C)cc(C(C)C)cc3C2(C)C)c1. The zero-order chi connectivity index (χ0) is 20.1. The Balaban J connectivity index is 2.26. The molecule has 27 heavy (non-hydrogen) atoms. The summed E-state index contributed by atoms with van der Waals surface area (Å²) in [7, 11) is 1.37. The molecule has 3 rings (SSSR count). The summed E-state index contributed by atoms with van der Waals surface area (Å²) >= 11 is 0. The van der Waals surface area contributed by atoms with Crippen molar-refractivity contribution in [3.8, 4) is 0 Å². The lowest BCUT2D eigenvalue weighted by Gasteiger charge is -2.56. The molecule has 0 saturated carbocycles. The van der Waals surface area contributed by atoms with Crippen molar-refractivity contribution in [2.24, 2.45) is 0 Å². The van der Waals surface area contributed by atoms with Crippen LogP contribution in [-0.4, -0.2) is 18.2 Å². The van der Waals surface area contributed by atoms with Gasteiger partial charge in [-0.2, -0.15) is 0 Å². The van der Waals surface area contributed by atoms with Gasteiger partial charge < -0.3 is 9.84 Å². The van der Waals surface area contributed by atoms with Crippen molar-refractivity contribution < 1.29 is 14.6 Å². The summed E-state index contributed by atoms with van der Waals surface area (Å²) in [5.41, 5.74) is 4.28. The number of benzene rings is 2. The van der Waals surface area contributed by atoms with Gasteiger partial charge in [-0.15, -0.1) is 0 Å². The molecule has 0 amide bonds. The second-order valence-corrected chi connectivity index (χ2v) is 8.75. The van der Waals surface area contributed by atoms with E-state index in [1.165, 1.54) is 23.8 Å². The van der Waals surface area contributed by atoms with Gasteiger partial charge in [0.2, 0.25) is 0 Å². The first-order chi connectivity index (χ1) is 12.6. The monoisotopic (exact) mass is 366 g/mol. The summed E-state index contributed by atoms with van der Waals surface area (Å²) < 4.78 is 4.86. The van der Waals surface area contributed by atoms with Crippen LogP contribution in [0, 0.1) is 0 Å². The topological polar surface area (TPSA) is 46.5 Å². The van der Waals surface area contributed by atoms with Crippen LogP contribution in [0.2, 0.25) is 0 Å². The van der Waals surface area contributed by atoms with Gasteiger partial charge in [0.05, 0.1) is 12.7 Å². The van der Waals surface area contributed by atoms with E-state index in [0.29, 0.717) is 17.4 Å². The summed E-state index contributed by atoms with van der Waals surface area (Å²) in [6.45, 7) is 12.9. The van der Waals surface area contributed by atoms with E-state index in [4.69, 9.17) is 4.74 Å². The largest absolute Gasteiger partial charge is 0.465 e. The molecule has 0 saturated heterocycles. The summed E-state index contributed by atoms with van der Waals surface area (Å²) in [4.78, 5) is 12.0. The van der Waals surface area contributed by atoms with E-state index in [-0.39, 0.29) is 0 Å². The fourth-order valence-corrected chi connectivity index (χ4v) is 4.31. The Bertz CT molecular complexity index is 875. The van der Waals surface area contributed by atoms with Crippen molar-refractivity contribution in [1.82, 2.24) is 0 Å². The number of hydrogen-bond donors (Lipinski definition) is 1. The molecular formula is C24H30O3. The van der Waals surface area contributed by atoms with Crippen molar-refractivity contribution in [3.05, 3.63) is 69.8 Å². The molecule has 3 nitrogen and oxygen atoms in total. The Morgan fingerprint density at radius 2 is 1.70 bits per heavy atom. The molecule has 1 aliphatic rings. The van der Waals surface area contributed by atoms with Gasteiger partial charge in [-0.1, -0.05) is 65.8 Å². The average molecular weight is 367 g/mol. The summed E-state index contributed by atoms with van der Waals surface area (Å²) in [6.07, 6.45) is 0. The first kappa shape index (κ1) is 19.6. The molecule has 1 atom stereocenters. The normalized spacial score (nSPS) is 20.4. The highest BCUT2D eigenvalue weighted by molar-refractivity contribution is 5.89. The Labute approximate surface area is 162 Å². The van der Waals surface area contributed by atoms with Crippen LogP contribution in [0.15, 0.2) is 36.4 Å². The van der Waals surface area contributed by atoms with Crippen molar-refractivity contribution in [2.45, 2.75) is 64.4 Å². The quantitative estimate of drug-likeness (QED) is 0.752. The third kappa shape index (κ3) is 2.71. The highest BCUT2D eigenvalue weighted by Crippen LogP contribution is 2.60. The standard InChI is InChI=1S/C24H30O3/c1-14(2)17-12-19(15(3)4)21-20(13-17)23(5,6)24(21,26)18-10-8-9-16(11-18)22(25)27-7/h8-15,26H,1-7H3/t24-/m1/s1. The van der Waals surface area contributed by atoms with E-state index in [1.54, 1.807) is 12.1 Å². The summed E-state index contributed by atoms with van der Waals surface area (Å²) in [5.74, 6) is 0.334. The molecule has 0 bridgehead atoms. The van der Waals surface area contributed by atoms with Gasteiger partial charge in [-0.25, -0.2) is 4.79 Å². The van der Waals surface area contributed by atoms with Gasteiger partial charge in [0, 0.05) is 5.41 Å². The van der Waals surface area contributed by atoms with E-state index in [9.17, 15) is 9.90 Å². The maximum Gasteiger partial charge on any atom is 0.337 e. The van der Waals surface area contributed by atoms with E-state index in [2.05, 4.69) is 53.7 Å². The number of hydrogen-bond acceptors (Lipinski definition) is 3. The molecule has 0 unspecified atom stereocenters. The lowest BCUT2D eigenvalue weighted by molar-refractivity contribution is -0.0255. The Morgan fingerprint density at radius 3 is 2.26 bits per heavy atom. The first-order valence-corrected chi connectivity index (χ1v) is 9.65. The van der Waals surface area contributed by atoms with Crippen LogP contribution in [0.5, 0.6) is 0 Å². The molecule has 144 valence electrons. The second kappa shape index (κ2) is 6.49. The van der Waals surface area contributed by atoms with Crippen LogP contribution in [-0.2, 0) is 15.8 Å². The van der Waals surface area contributed by atoms with Crippen molar-refractivity contribution >= 4 is 5.97 Å². The Morgan fingerprint density at radius 1 is 1.04 bits per heavy atom. The number of ether oxygens (including phenoxy) is 1. The third-order valence-corrected chi connectivity index (χ3v) is 6.12. The fraction of sp³-hybridized carbons (Fsp3) is 0.458. The number of carbonyl (C=O) groups excluding carboxylic acids is 1. The predicted octanol–water partition coefficient (Wildman–Crippen LogP) is 5.25. The molecule has 2 aromatic rings. The van der Waals surface area contributed by atoms with Crippen LogP contribution in [0.3, 0.4) is 0 Å². The molecular weight excluding hydrogens is 336 g/mol. The molecule has 0 aliphatic heterocycles. The Kier molecular flexibility index (Phi) is 4.72. The molecule has 0 fully saturated rings. The second-order valence-electron chi connectivity index (χ2n) is 8.75. The molecule has 1 aliphatic carbocycles. The van der Waals surface area contributed by atoms with Gasteiger partial charge in [0.15, 0.2) is 0 Å². The number of rotatable bonds is 4. The van der Waals surface area contributed by atoms with Crippen LogP contribution in [0.25, 0.3) is 0 Å². The molecule has 1 N–H and O–H groups in total. The molecule has 0 spiro atoms. The zero-order valence-electron chi connectivity index (χ0n) is 17.4. The van der Waals surface area contributed by atoms with Gasteiger partial charge in [0.1, 0.15) is 5.60 Å². The molecule has 0 radical (unpaired) electrons. The first-order valence-electron chi connectivity index (χ1n) is 9.65. The van der Waals surface area contributed by atoms with Gasteiger partial charge >= 0.3 is 5.97 Å². The minimum absolute atomic E-state index is 0.295. The lowest BCUT2D eigenvalue weighted by Crippen LogP contribution is -2.56. The summed E-state index contributed by atoms with van der Waals surface area (Å²) in [5, 5.41) is 11.9. The molecule has 2 aromatic carbocycles. The highest BCUT2D eigenvalue weighted by atomic mass is 16.5.